The highest BCUT2D eigenvalue weighted by atomic mass is 79.9. The van der Waals surface area contributed by atoms with E-state index in [0.29, 0.717) is 16.9 Å². The number of carbonyl (C=O) groups is 2. The first-order chi connectivity index (χ1) is 13.6. The van der Waals surface area contributed by atoms with Crippen LogP contribution in [0.4, 0.5) is 5.69 Å². The molecule has 0 unspecified atom stereocenters. The van der Waals surface area contributed by atoms with Gasteiger partial charge in [0.2, 0.25) is 0 Å². The van der Waals surface area contributed by atoms with Crippen LogP contribution >= 0.6 is 15.9 Å². The highest BCUT2D eigenvalue weighted by molar-refractivity contribution is 9.10. The van der Waals surface area contributed by atoms with Crippen LogP contribution in [0.25, 0.3) is 11.6 Å². The first kappa shape index (κ1) is 18.2. The molecule has 1 amide bonds. The van der Waals surface area contributed by atoms with Gasteiger partial charge in [0.25, 0.3) is 5.91 Å². The van der Waals surface area contributed by atoms with Gasteiger partial charge in [-0.15, -0.1) is 0 Å². The first-order valence-electron chi connectivity index (χ1n) is 8.74. The van der Waals surface area contributed by atoms with Gasteiger partial charge in [-0.3, -0.25) is 9.59 Å². The summed E-state index contributed by atoms with van der Waals surface area (Å²) in [4.78, 5) is 24.4. The topological polar surface area (TPSA) is 55.4 Å². The Kier molecular flexibility index (Phi) is 5.08. The van der Waals surface area contributed by atoms with E-state index in [2.05, 4.69) is 21.2 Å². The average molecular weight is 434 g/mol. The summed E-state index contributed by atoms with van der Waals surface area (Å²) in [6.45, 7) is -0.0299. The monoisotopic (exact) mass is 433 g/mol. The Morgan fingerprint density at radius 1 is 0.964 bits per heavy atom. The van der Waals surface area contributed by atoms with Crippen molar-refractivity contribution in [3.05, 3.63) is 94.0 Å². The van der Waals surface area contributed by atoms with Crippen molar-refractivity contribution in [2.45, 2.75) is 0 Å². The first-order valence-corrected chi connectivity index (χ1v) is 9.53. The minimum absolute atomic E-state index is 0.0299. The van der Waals surface area contributed by atoms with E-state index in [9.17, 15) is 9.59 Å². The van der Waals surface area contributed by atoms with Crippen molar-refractivity contribution in [2.24, 2.45) is 0 Å². The number of ether oxygens (including phenoxy) is 1. The lowest BCUT2D eigenvalue weighted by Crippen LogP contribution is -2.11. The number of rotatable bonds is 5. The van der Waals surface area contributed by atoms with E-state index in [1.54, 1.807) is 24.3 Å². The fraction of sp³-hybridized carbons (Fsp3) is 0.0435. The normalized spacial score (nSPS) is 13.9. The van der Waals surface area contributed by atoms with E-state index >= 15 is 0 Å². The number of hydrogen-bond acceptors (Lipinski definition) is 3. The second kappa shape index (κ2) is 7.82. The van der Waals surface area contributed by atoms with Crippen LogP contribution < -0.4 is 10.1 Å². The van der Waals surface area contributed by atoms with Crippen LogP contribution in [-0.2, 0) is 4.79 Å². The maximum atomic E-state index is 12.2. The summed E-state index contributed by atoms with van der Waals surface area (Å²) in [7, 11) is 0. The van der Waals surface area contributed by atoms with Crippen LogP contribution in [0.2, 0.25) is 0 Å². The highest BCUT2D eigenvalue weighted by Crippen LogP contribution is 2.32. The third kappa shape index (κ3) is 3.89. The summed E-state index contributed by atoms with van der Waals surface area (Å²) < 4.78 is 6.52. The van der Waals surface area contributed by atoms with Crippen molar-refractivity contribution in [1.29, 1.82) is 0 Å². The lowest BCUT2D eigenvalue weighted by molar-refractivity contribution is -0.110. The van der Waals surface area contributed by atoms with Crippen molar-refractivity contribution in [2.75, 3.05) is 11.9 Å². The molecule has 0 fully saturated rings. The third-order valence-electron chi connectivity index (χ3n) is 4.44. The number of para-hydroxylation sites is 1. The number of hydrogen-bond donors (Lipinski definition) is 1. The molecule has 28 heavy (non-hydrogen) atoms. The van der Waals surface area contributed by atoms with Gasteiger partial charge in [-0.2, -0.15) is 0 Å². The molecule has 5 heteroatoms. The van der Waals surface area contributed by atoms with Crippen molar-refractivity contribution in [3.8, 4) is 5.75 Å². The largest absolute Gasteiger partial charge is 0.485 e. The highest BCUT2D eigenvalue weighted by Gasteiger charge is 2.23. The smallest absolute Gasteiger partial charge is 0.256 e. The Labute approximate surface area is 171 Å². The van der Waals surface area contributed by atoms with Crippen LogP contribution in [0.15, 0.2) is 77.3 Å². The second-order valence-corrected chi connectivity index (χ2v) is 7.26. The average Bonchev–Trinajstić information content (AvgIpc) is 3.03. The molecule has 0 bridgehead atoms. The number of fused-ring (bicyclic) bond motifs is 1. The Bertz CT molecular complexity index is 1070. The predicted molar refractivity (Wildman–Crippen MR) is 113 cm³/mol. The molecule has 1 heterocycles. The number of nitrogens with one attached hydrogen (secondary N) is 1. The van der Waals surface area contributed by atoms with E-state index in [-0.39, 0.29) is 18.3 Å². The Morgan fingerprint density at radius 3 is 2.43 bits per heavy atom. The van der Waals surface area contributed by atoms with Gasteiger partial charge < -0.3 is 10.1 Å². The minimum Gasteiger partial charge on any atom is -0.485 e. The van der Waals surface area contributed by atoms with Gasteiger partial charge in [-0.05, 0) is 42.0 Å². The van der Waals surface area contributed by atoms with Crippen molar-refractivity contribution in [3.63, 3.8) is 0 Å². The number of benzene rings is 3. The summed E-state index contributed by atoms with van der Waals surface area (Å²) in [6, 6.07) is 22.1. The van der Waals surface area contributed by atoms with Gasteiger partial charge in [0, 0.05) is 26.9 Å². The van der Waals surface area contributed by atoms with Crippen LogP contribution in [-0.4, -0.2) is 18.3 Å². The standard InChI is InChI=1S/C23H16BrNO3/c24-17-9-7-16(8-10-17)22(26)14-28-18-11-5-15(6-12-18)13-20-19-3-1-2-4-21(19)25-23(20)27/h1-13H,14H2,(H,25,27). The molecular weight excluding hydrogens is 418 g/mol. The third-order valence-corrected chi connectivity index (χ3v) is 4.97. The molecule has 0 saturated carbocycles. The lowest BCUT2D eigenvalue weighted by atomic mass is 10.0. The number of halogens is 1. The number of anilines is 1. The van der Waals surface area contributed by atoms with Gasteiger partial charge in [0.15, 0.2) is 12.4 Å². The molecule has 0 saturated heterocycles. The fourth-order valence-corrected chi connectivity index (χ4v) is 3.24. The Hall–Kier alpha value is -3.18. The maximum absolute atomic E-state index is 12.2. The van der Waals surface area contributed by atoms with Crippen molar-refractivity contribution < 1.29 is 14.3 Å². The Morgan fingerprint density at radius 2 is 1.68 bits per heavy atom. The van der Waals surface area contributed by atoms with E-state index < -0.39 is 0 Å². The quantitative estimate of drug-likeness (QED) is 0.444. The van der Waals surface area contributed by atoms with E-state index in [4.69, 9.17) is 4.74 Å². The van der Waals surface area contributed by atoms with E-state index in [0.717, 1.165) is 21.3 Å². The minimum atomic E-state index is -0.110. The summed E-state index contributed by atoms with van der Waals surface area (Å²) in [5.74, 6) is 0.406. The zero-order valence-electron chi connectivity index (χ0n) is 14.8. The predicted octanol–water partition coefficient (Wildman–Crippen LogP) is 5.20. The van der Waals surface area contributed by atoms with Gasteiger partial charge in [0.1, 0.15) is 5.75 Å². The molecule has 0 atom stereocenters. The lowest BCUT2D eigenvalue weighted by Gasteiger charge is -2.06. The molecule has 4 nitrogen and oxygen atoms in total. The molecule has 3 aromatic carbocycles. The zero-order valence-corrected chi connectivity index (χ0v) is 16.4. The molecule has 1 aliphatic rings. The van der Waals surface area contributed by atoms with Crippen LogP contribution in [0, 0.1) is 0 Å². The van der Waals surface area contributed by atoms with Crippen LogP contribution in [0.1, 0.15) is 21.5 Å². The molecule has 0 spiro atoms. The number of Topliss-reactive ketones (excluding diaryl/α,β-unsaturated/α-hetero) is 1. The molecule has 0 aliphatic carbocycles. The number of carbonyl (C=O) groups excluding carboxylic acids is 2. The van der Waals surface area contributed by atoms with Crippen molar-refractivity contribution >= 4 is 45.0 Å². The molecule has 1 aliphatic heterocycles. The van der Waals surface area contributed by atoms with Gasteiger partial charge in [-0.25, -0.2) is 0 Å². The maximum Gasteiger partial charge on any atom is 0.256 e. The van der Waals surface area contributed by atoms with Gasteiger partial charge in [0.05, 0.1) is 0 Å². The summed E-state index contributed by atoms with van der Waals surface area (Å²) in [5.41, 5.74) is 3.84. The summed E-state index contributed by atoms with van der Waals surface area (Å²) >= 11 is 3.35. The van der Waals surface area contributed by atoms with Crippen molar-refractivity contribution in [1.82, 2.24) is 0 Å². The Balaban J connectivity index is 1.44. The van der Waals surface area contributed by atoms with Gasteiger partial charge >= 0.3 is 0 Å². The SMILES string of the molecule is O=C1Nc2ccccc2C1=Cc1ccc(OCC(=O)c2ccc(Br)cc2)cc1. The molecule has 0 aromatic heterocycles. The van der Waals surface area contributed by atoms with Gasteiger partial charge in [-0.1, -0.05) is 58.4 Å². The molecule has 138 valence electrons. The summed E-state index contributed by atoms with van der Waals surface area (Å²) in [5, 5.41) is 2.86. The van der Waals surface area contributed by atoms with Crippen LogP contribution in [0.3, 0.4) is 0 Å². The fourth-order valence-electron chi connectivity index (χ4n) is 2.98. The zero-order chi connectivity index (χ0) is 19.5. The second-order valence-electron chi connectivity index (χ2n) is 6.35. The molecule has 3 aromatic rings. The number of ketones is 1. The molecule has 1 N–H and O–H groups in total. The molecular formula is C23H16BrNO3. The van der Waals surface area contributed by atoms with E-state index in [1.807, 2.05) is 54.6 Å². The van der Waals surface area contributed by atoms with Crippen LogP contribution in [0.5, 0.6) is 5.75 Å². The summed E-state index contributed by atoms with van der Waals surface area (Å²) in [6.07, 6.45) is 1.85. The molecule has 0 radical (unpaired) electrons. The number of amides is 1. The van der Waals surface area contributed by atoms with E-state index in [1.165, 1.54) is 0 Å². The molecule has 4 rings (SSSR count).